The highest BCUT2D eigenvalue weighted by molar-refractivity contribution is 5.96. The van der Waals surface area contributed by atoms with Crippen molar-refractivity contribution in [3.05, 3.63) is 65.7 Å². The van der Waals surface area contributed by atoms with Crippen molar-refractivity contribution in [3.63, 3.8) is 0 Å². The van der Waals surface area contributed by atoms with Crippen molar-refractivity contribution in [2.45, 2.75) is 19.9 Å². The Morgan fingerprint density at radius 3 is 2.52 bits per heavy atom. The summed E-state index contributed by atoms with van der Waals surface area (Å²) in [6.45, 7) is 3.95. The fourth-order valence-corrected chi connectivity index (χ4v) is 2.13. The van der Waals surface area contributed by atoms with E-state index in [-0.39, 0.29) is 11.9 Å². The number of nitrogens with one attached hydrogen (secondary N) is 2. The summed E-state index contributed by atoms with van der Waals surface area (Å²) in [4.78, 5) is 23.8. The zero-order chi connectivity index (χ0) is 16.7. The molecule has 0 radical (unpaired) electrons. The van der Waals surface area contributed by atoms with Gasteiger partial charge in [0.1, 0.15) is 0 Å². The lowest BCUT2D eigenvalue weighted by atomic mass is 10.1. The van der Waals surface area contributed by atoms with Crippen molar-refractivity contribution >= 4 is 17.7 Å². The monoisotopic (exact) mass is 312 g/mol. The van der Waals surface area contributed by atoms with Crippen molar-refractivity contribution in [2.75, 3.05) is 11.9 Å². The number of carbonyl (C=O) groups excluding carboxylic acids is 2. The molecule has 0 aliphatic rings. The maximum absolute atomic E-state index is 12.3. The van der Waals surface area contributed by atoms with Crippen molar-refractivity contribution in [1.82, 2.24) is 5.32 Å². The second-order valence-electron chi connectivity index (χ2n) is 5.03. The molecule has 0 saturated heterocycles. The van der Waals surface area contributed by atoms with Crippen LogP contribution in [0.15, 0.2) is 54.6 Å². The van der Waals surface area contributed by atoms with Gasteiger partial charge in [-0.2, -0.15) is 0 Å². The average molecular weight is 312 g/mol. The van der Waals surface area contributed by atoms with Gasteiger partial charge in [-0.05, 0) is 37.6 Å². The van der Waals surface area contributed by atoms with Crippen molar-refractivity contribution in [3.8, 4) is 0 Å². The van der Waals surface area contributed by atoms with E-state index < -0.39 is 6.09 Å². The number of rotatable bonds is 5. The maximum atomic E-state index is 12.3. The maximum Gasteiger partial charge on any atom is 0.411 e. The zero-order valence-corrected chi connectivity index (χ0v) is 13.2. The molecule has 0 saturated carbocycles. The van der Waals surface area contributed by atoms with Crippen LogP contribution in [0.3, 0.4) is 0 Å². The Morgan fingerprint density at radius 1 is 1.09 bits per heavy atom. The summed E-state index contributed by atoms with van der Waals surface area (Å²) in [6.07, 6.45) is -0.539. The van der Waals surface area contributed by atoms with Crippen LogP contribution in [0.4, 0.5) is 10.5 Å². The molecule has 0 aliphatic carbocycles. The van der Waals surface area contributed by atoms with Crippen LogP contribution in [0.2, 0.25) is 0 Å². The molecule has 0 aliphatic heterocycles. The highest BCUT2D eigenvalue weighted by Crippen LogP contribution is 2.15. The Balaban J connectivity index is 2.03. The predicted octanol–water partition coefficient (Wildman–Crippen LogP) is 3.75. The molecule has 1 atom stereocenters. The van der Waals surface area contributed by atoms with E-state index in [0.29, 0.717) is 17.9 Å². The van der Waals surface area contributed by atoms with Crippen molar-refractivity contribution in [1.29, 1.82) is 0 Å². The first-order valence-electron chi connectivity index (χ1n) is 7.49. The molecule has 2 aromatic carbocycles. The molecule has 23 heavy (non-hydrogen) atoms. The van der Waals surface area contributed by atoms with Gasteiger partial charge in [-0.3, -0.25) is 10.1 Å². The van der Waals surface area contributed by atoms with Gasteiger partial charge in [0.05, 0.1) is 12.6 Å². The average Bonchev–Trinajstić information content (AvgIpc) is 2.56. The van der Waals surface area contributed by atoms with E-state index in [2.05, 4.69) is 10.6 Å². The minimum Gasteiger partial charge on any atom is -0.450 e. The molecule has 120 valence electrons. The molecule has 0 bridgehead atoms. The van der Waals surface area contributed by atoms with Gasteiger partial charge in [0.2, 0.25) is 0 Å². The minimum atomic E-state index is -0.539. The molecule has 0 fully saturated rings. The number of benzene rings is 2. The van der Waals surface area contributed by atoms with E-state index in [1.807, 2.05) is 37.3 Å². The molecule has 2 rings (SSSR count). The van der Waals surface area contributed by atoms with E-state index >= 15 is 0 Å². The number of carbonyl (C=O) groups is 2. The number of ether oxygens (including phenoxy) is 1. The van der Waals surface area contributed by atoms with E-state index in [1.54, 1.807) is 31.2 Å². The van der Waals surface area contributed by atoms with Crippen LogP contribution in [-0.2, 0) is 4.74 Å². The fourth-order valence-electron chi connectivity index (χ4n) is 2.13. The number of hydrogen-bond donors (Lipinski definition) is 2. The normalized spacial score (nSPS) is 11.4. The second kappa shape index (κ2) is 7.98. The Labute approximate surface area is 135 Å². The second-order valence-corrected chi connectivity index (χ2v) is 5.03. The Morgan fingerprint density at radius 2 is 1.83 bits per heavy atom. The highest BCUT2D eigenvalue weighted by Gasteiger charge is 2.12. The van der Waals surface area contributed by atoms with Crippen LogP contribution in [0.1, 0.15) is 35.8 Å². The SMILES string of the molecule is CCOC(=O)Nc1cccc(C(=O)N[C@H](C)c2ccccc2)c1. The third-order valence-electron chi connectivity index (χ3n) is 3.29. The smallest absolute Gasteiger partial charge is 0.411 e. The predicted molar refractivity (Wildman–Crippen MR) is 89.4 cm³/mol. The van der Waals surface area contributed by atoms with Crippen LogP contribution in [0.5, 0.6) is 0 Å². The third kappa shape index (κ3) is 4.85. The van der Waals surface area contributed by atoms with E-state index in [1.165, 1.54) is 0 Å². The summed E-state index contributed by atoms with van der Waals surface area (Å²) in [5.41, 5.74) is 2.02. The van der Waals surface area contributed by atoms with Gasteiger partial charge in [0, 0.05) is 11.3 Å². The standard InChI is InChI=1S/C18H20N2O3/c1-3-23-18(22)20-16-11-7-10-15(12-16)17(21)19-13(2)14-8-5-4-6-9-14/h4-13H,3H2,1-2H3,(H,19,21)(H,20,22)/t13-/m1/s1. The zero-order valence-electron chi connectivity index (χ0n) is 13.2. The Kier molecular flexibility index (Phi) is 5.74. The van der Waals surface area contributed by atoms with Gasteiger partial charge in [0.25, 0.3) is 5.91 Å². The van der Waals surface area contributed by atoms with Gasteiger partial charge in [-0.1, -0.05) is 36.4 Å². The molecule has 0 spiro atoms. The first kappa shape index (κ1) is 16.5. The van der Waals surface area contributed by atoms with Crippen molar-refractivity contribution in [2.24, 2.45) is 0 Å². The van der Waals surface area contributed by atoms with Gasteiger partial charge in [-0.15, -0.1) is 0 Å². The van der Waals surface area contributed by atoms with E-state index in [4.69, 9.17) is 4.74 Å². The molecule has 0 unspecified atom stereocenters. The Hall–Kier alpha value is -2.82. The molecule has 0 aromatic heterocycles. The highest BCUT2D eigenvalue weighted by atomic mass is 16.5. The number of anilines is 1. The quantitative estimate of drug-likeness (QED) is 0.883. The van der Waals surface area contributed by atoms with Crippen LogP contribution >= 0.6 is 0 Å². The molecular weight excluding hydrogens is 292 g/mol. The number of amides is 2. The molecule has 2 N–H and O–H groups in total. The van der Waals surface area contributed by atoms with Crippen LogP contribution in [0, 0.1) is 0 Å². The molecule has 5 nitrogen and oxygen atoms in total. The fraction of sp³-hybridized carbons (Fsp3) is 0.222. The Bertz CT molecular complexity index is 671. The summed E-state index contributed by atoms with van der Waals surface area (Å²) in [7, 11) is 0. The van der Waals surface area contributed by atoms with Crippen LogP contribution < -0.4 is 10.6 Å². The van der Waals surface area contributed by atoms with E-state index in [0.717, 1.165) is 5.56 Å². The first-order valence-corrected chi connectivity index (χ1v) is 7.49. The topological polar surface area (TPSA) is 67.4 Å². The lowest BCUT2D eigenvalue weighted by Gasteiger charge is -2.14. The van der Waals surface area contributed by atoms with Crippen LogP contribution in [0.25, 0.3) is 0 Å². The van der Waals surface area contributed by atoms with Crippen LogP contribution in [-0.4, -0.2) is 18.6 Å². The first-order chi connectivity index (χ1) is 11.1. The minimum absolute atomic E-state index is 0.106. The van der Waals surface area contributed by atoms with Gasteiger partial charge in [0.15, 0.2) is 0 Å². The molecule has 5 heteroatoms. The summed E-state index contributed by atoms with van der Waals surface area (Å²) >= 11 is 0. The lowest BCUT2D eigenvalue weighted by molar-refractivity contribution is 0.0939. The third-order valence-corrected chi connectivity index (χ3v) is 3.29. The van der Waals surface area contributed by atoms with Crippen molar-refractivity contribution < 1.29 is 14.3 Å². The summed E-state index contributed by atoms with van der Waals surface area (Å²) in [6, 6.07) is 16.3. The van der Waals surface area contributed by atoms with Gasteiger partial charge in [-0.25, -0.2) is 4.79 Å². The van der Waals surface area contributed by atoms with E-state index in [9.17, 15) is 9.59 Å². The molecule has 0 heterocycles. The summed E-state index contributed by atoms with van der Waals surface area (Å²) < 4.78 is 4.82. The number of hydrogen-bond acceptors (Lipinski definition) is 3. The summed E-state index contributed by atoms with van der Waals surface area (Å²) in [5.74, 6) is -0.200. The molecule has 2 aromatic rings. The molecular formula is C18H20N2O3. The van der Waals surface area contributed by atoms with Gasteiger partial charge >= 0.3 is 6.09 Å². The lowest BCUT2D eigenvalue weighted by Crippen LogP contribution is -2.26. The van der Waals surface area contributed by atoms with Gasteiger partial charge < -0.3 is 10.1 Å². The largest absolute Gasteiger partial charge is 0.450 e. The summed E-state index contributed by atoms with van der Waals surface area (Å²) in [5, 5.41) is 5.52. The molecule has 2 amide bonds.